The summed E-state index contributed by atoms with van der Waals surface area (Å²) in [5, 5.41) is 8.76. The van der Waals surface area contributed by atoms with Crippen molar-refractivity contribution in [3.05, 3.63) is 29.3 Å². The number of rotatable bonds is 1. The molecule has 1 aliphatic heterocycles. The number of nitrogens with zero attached hydrogens (tertiary/aromatic N) is 1. The molecule has 14 heavy (non-hydrogen) atoms. The Labute approximate surface area is 80.8 Å². The molecule has 0 saturated carbocycles. The Morgan fingerprint density at radius 3 is 2.86 bits per heavy atom. The molecule has 0 saturated heterocycles. The van der Waals surface area contributed by atoms with Crippen LogP contribution in [0.3, 0.4) is 0 Å². The minimum atomic E-state index is -0.972. The second-order valence-corrected chi connectivity index (χ2v) is 3.28. The number of likely N-dealkylation sites (N-methyl/N-ethyl adjacent to an activating group) is 1. The number of carbonyl (C=O) groups excluding carboxylic acids is 1. The highest BCUT2D eigenvalue weighted by atomic mass is 16.4. The van der Waals surface area contributed by atoms with Gasteiger partial charge in [-0.05, 0) is 17.7 Å². The van der Waals surface area contributed by atoms with Gasteiger partial charge < -0.3 is 10.0 Å². The SMILES string of the molecule is CN1C(=O)Cc2ccc(C(=O)O)cc21. The lowest BCUT2D eigenvalue weighted by atomic mass is 10.1. The third-order valence-electron chi connectivity index (χ3n) is 2.41. The predicted octanol–water partition coefficient (Wildman–Crippen LogP) is 0.904. The normalized spacial score (nSPS) is 14.4. The highest BCUT2D eigenvalue weighted by Gasteiger charge is 2.24. The smallest absolute Gasteiger partial charge is 0.335 e. The number of hydrogen-bond donors (Lipinski definition) is 1. The number of fused-ring (bicyclic) bond motifs is 1. The number of hydrogen-bond acceptors (Lipinski definition) is 2. The summed E-state index contributed by atoms with van der Waals surface area (Å²) in [5.74, 6) is -0.969. The highest BCUT2D eigenvalue weighted by Crippen LogP contribution is 2.28. The van der Waals surface area contributed by atoms with Crippen LogP contribution in [-0.2, 0) is 11.2 Å². The molecule has 1 aromatic carbocycles. The second-order valence-electron chi connectivity index (χ2n) is 3.28. The Kier molecular flexibility index (Phi) is 1.77. The van der Waals surface area contributed by atoms with E-state index in [0.717, 1.165) is 5.56 Å². The standard InChI is InChI=1S/C10H9NO3/c1-11-8-4-7(10(13)14)3-2-6(8)5-9(11)12/h2-4H,5H2,1H3,(H,13,14). The average Bonchev–Trinajstić information content (AvgIpc) is 2.43. The van der Waals surface area contributed by atoms with Crippen molar-refractivity contribution in [1.82, 2.24) is 0 Å². The fourth-order valence-electron chi connectivity index (χ4n) is 1.57. The van der Waals surface area contributed by atoms with Crippen LogP contribution in [0.4, 0.5) is 5.69 Å². The molecule has 0 atom stereocenters. The molecule has 1 heterocycles. The summed E-state index contributed by atoms with van der Waals surface area (Å²) < 4.78 is 0. The van der Waals surface area contributed by atoms with Crippen molar-refractivity contribution in [2.24, 2.45) is 0 Å². The van der Waals surface area contributed by atoms with Crippen molar-refractivity contribution in [2.75, 3.05) is 11.9 Å². The van der Waals surface area contributed by atoms with Crippen molar-refractivity contribution in [2.45, 2.75) is 6.42 Å². The minimum absolute atomic E-state index is 0.00235. The van der Waals surface area contributed by atoms with Crippen LogP contribution in [0.5, 0.6) is 0 Å². The third-order valence-corrected chi connectivity index (χ3v) is 2.41. The number of carboxylic acids is 1. The molecule has 0 aliphatic carbocycles. The highest BCUT2D eigenvalue weighted by molar-refractivity contribution is 6.02. The van der Waals surface area contributed by atoms with Crippen LogP contribution in [0.25, 0.3) is 0 Å². The van der Waals surface area contributed by atoms with E-state index in [4.69, 9.17) is 5.11 Å². The van der Waals surface area contributed by atoms with Crippen LogP contribution >= 0.6 is 0 Å². The summed E-state index contributed by atoms with van der Waals surface area (Å²) in [6, 6.07) is 4.75. The van der Waals surface area contributed by atoms with E-state index in [-0.39, 0.29) is 11.5 Å². The molecule has 72 valence electrons. The molecule has 2 rings (SSSR count). The zero-order chi connectivity index (χ0) is 10.3. The first-order valence-corrected chi connectivity index (χ1v) is 4.22. The molecule has 1 aromatic rings. The summed E-state index contributed by atoms with van der Waals surface area (Å²) in [6.45, 7) is 0. The van der Waals surface area contributed by atoms with Crippen LogP contribution in [0.1, 0.15) is 15.9 Å². The molecule has 1 aliphatic rings. The molecule has 1 N–H and O–H groups in total. The van der Waals surface area contributed by atoms with Gasteiger partial charge in [0.1, 0.15) is 0 Å². The van der Waals surface area contributed by atoms with Gasteiger partial charge in [-0.25, -0.2) is 4.79 Å². The van der Waals surface area contributed by atoms with Crippen molar-refractivity contribution in [3.8, 4) is 0 Å². The van der Waals surface area contributed by atoms with Crippen LogP contribution < -0.4 is 4.90 Å². The summed E-state index contributed by atoms with van der Waals surface area (Å²) in [4.78, 5) is 23.5. The first-order valence-electron chi connectivity index (χ1n) is 4.22. The number of benzene rings is 1. The molecular formula is C10H9NO3. The van der Waals surface area contributed by atoms with Gasteiger partial charge in [0.15, 0.2) is 0 Å². The zero-order valence-corrected chi connectivity index (χ0v) is 7.65. The zero-order valence-electron chi connectivity index (χ0n) is 7.65. The van der Waals surface area contributed by atoms with Crippen LogP contribution in [-0.4, -0.2) is 24.0 Å². The summed E-state index contributed by atoms with van der Waals surface area (Å²) in [7, 11) is 1.65. The molecular weight excluding hydrogens is 182 g/mol. The van der Waals surface area contributed by atoms with Crippen LogP contribution in [0.15, 0.2) is 18.2 Å². The van der Waals surface area contributed by atoms with E-state index in [1.807, 2.05) is 0 Å². The van der Waals surface area contributed by atoms with E-state index in [0.29, 0.717) is 12.1 Å². The molecule has 0 unspecified atom stereocenters. The van der Waals surface area contributed by atoms with E-state index in [1.165, 1.54) is 17.0 Å². The number of carboxylic acid groups (broad SMARTS) is 1. The maximum Gasteiger partial charge on any atom is 0.335 e. The first kappa shape index (κ1) is 8.74. The monoisotopic (exact) mass is 191 g/mol. The molecule has 0 aromatic heterocycles. The Morgan fingerprint density at radius 1 is 1.50 bits per heavy atom. The van der Waals surface area contributed by atoms with Crippen LogP contribution in [0.2, 0.25) is 0 Å². The van der Waals surface area contributed by atoms with Crippen molar-refractivity contribution in [3.63, 3.8) is 0 Å². The Bertz CT molecular complexity index is 425. The van der Waals surface area contributed by atoms with Gasteiger partial charge in [-0.15, -0.1) is 0 Å². The lowest BCUT2D eigenvalue weighted by molar-refractivity contribution is -0.117. The molecule has 0 bridgehead atoms. The summed E-state index contributed by atoms with van der Waals surface area (Å²) in [5.41, 5.74) is 1.81. The van der Waals surface area contributed by atoms with E-state index in [2.05, 4.69) is 0 Å². The van der Waals surface area contributed by atoms with E-state index in [9.17, 15) is 9.59 Å². The van der Waals surface area contributed by atoms with Gasteiger partial charge in [0.25, 0.3) is 0 Å². The fraction of sp³-hybridized carbons (Fsp3) is 0.200. The van der Waals surface area contributed by atoms with Crippen molar-refractivity contribution >= 4 is 17.6 Å². The van der Waals surface area contributed by atoms with Gasteiger partial charge in [-0.3, -0.25) is 4.79 Å². The molecule has 0 spiro atoms. The van der Waals surface area contributed by atoms with Gasteiger partial charge in [-0.1, -0.05) is 6.07 Å². The van der Waals surface area contributed by atoms with E-state index in [1.54, 1.807) is 13.1 Å². The lowest BCUT2D eigenvalue weighted by Crippen LogP contribution is -2.20. The Balaban J connectivity index is 2.51. The number of amides is 1. The van der Waals surface area contributed by atoms with Gasteiger partial charge in [0.2, 0.25) is 5.91 Å². The topological polar surface area (TPSA) is 57.6 Å². The molecule has 1 amide bonds. The number of anilines is 1. The maximum absolute atomic E-state index is 11.3. The van der Waals surface area contributed by atoms with Gasteiger partial charge >= 0.3 is 5.97 Å². The molecule has 0 radical (unpaired) electrons. The van der Waals surface area contributed by atoms with Gasteiger partial charge in [-0.2, -0.15) is 0 Å². The number of aromatic carboxylic acids is 1. The lowest BCUT2D eigenvalue weighted by Gasteiger charge is -2.09. The Morgan fingerprint density at radius 2 is 2.21 bits per heavy atom. The summed E-state index contributed by atoms with van der Waals surface area (Å²) >= 11 is 0. The Hall–Kier alpha value is -1.84. The predicted molar refractivity (Wildman–Crippen MR) is 50.5 cm³/mol. The van der Waals surface area contributed by atoms with Crippen LogP contribution in [0, 0.1) is 0 Å². The quantitative estimate of drug-likeness (QED) is 0.717. The van der Waals surface area contributed by atoms with Crippen molar-refractivity contribution in [1.29, 1.82) is 0 Å². The fourth-order valence-corrected chi connectivity index (χ4v) is 1.57. The summed E-state index contributed by atoms with van der Waals surface area (Å²) in [6.07, 6.45) is 0.367. The van der Waals surface area contributed by atoms with Crippen molar-refractivity contribution < 1.29 is 14.7 Å². The number of carbonyl (C=O) groups is 2. The molecule has 4 heteroatoms. The van der Waals surface area contributed by atoms with E-state index < -0.39 is 5.97 Å². The second kappa shape index (κ2) is 2.83. The average molecular weight is 191 g/mol. The largest absolute Gasteiger partial charge is 0.478 e. The van der Waals surface area contributed by atoms with E-state index >= 15 is 0 Å². The van der Waals surface area contributed by atoms with Gasteiger partial charge in [0.05, 0.1) is 12.0 Å². The third kappa shape index (κ3) is 1.16. The minimum Gasteiger partial charge on any atom is -0.478 e. The molecule has 0 fully saturated rings. The molecule has 4 nitrogen and oxygen atoms in total. The first-order chi connectivity index (χ1) is 6.59. The van der Waals surface area contributed by atoms with Gasteiger partial charge in [0, 0.05) is 12.7 Å². The maximum atomic E-state index is 11.3.